The third-order valence-corrected chi connectivity index (χ3v) is 2.96. The first kappa shape index (κ1) is 15.2. The molecular weight excluding hydrogens is 196 g/mol. The molecule has 0 bridgehead atoms. The first-order chi connectivity index (χ1) is 7.81. The summed E-state index contributed by atoms with van der Waals surface area (Å²) in [6.45, 7) is 13.6. The highest BCUT2D eigenvalue weighted by atomic mass is 15.1. The van der Waals surface area contributed by atoms with Gasteiger partial charge in [-0.25, -0.2) is 4.98 Å². The SMILES string of the molecule is CC.CC.CCC1CCc2cnc(C)n2C1. The highest BCUT2D eigenvalue weighted by Gasteiger charge is 2.18. The number of aryl methyl sites for hydroxylation is 2. The molecule has 16 heavy (non-hydrogen) atoms. The summed E-state index contributed by atoms with van der Waals surface area (Å²) < 4.78 is 2.37. The van der Waals surface area contributed by atoms with Gasteiger partial charge in [-0.15, -0.1) is 0 Å². The van der Waals surface area contributed by atoms with Crippen molar-refractivity contribution in [1.82, 2.24) is 9.55 Å². The summed E-state index contributed by atoms with van der Waals surface area (Å²) in [5.74, 6) is 2.06. The Morgan fingerprint density at radius 1 is 1.31 bits per heavy atom. The fourth-order valence-corrected chi connectivity index (χ4v) is 2.00. The molecule has 1 atom stereocenters. The lowest BCUT2D eigenvalue weighted by molar-refractivity contribution is 0.356. The van der Waals surface area contributed by atoms with Crippen LogP contribution in [0, 0.1) is 12.8 Å². The summed E-state index contributed by atoms with van der Waals surface area (Å²) in [5, 5.41) is 0. The van der Waals surface area contributed by atoms with Gasteiger partial charge in [0.05, 0.1) is 0 Å². The maximum absolute atomic E-state index is 4.33. The zero-order valence-corrected chi connectivity index (χ0v) is 11.9. The van der Waals surface area contributed by atoms with E-state index in [9.17, 15) is 0 Å². The van der Waals surface area contributed by atoms with Crippen LogP contribution in [0.3, 0.4) is 0 Å². The molecule has 1 aromatic heterocycles. The summed E-state index contributed by atoms with van der Waals surface area (Å²) in [4.78, 5) is 4.33. The maximum atomic E-state index is 4.33. The van der Waals surface area contributed by atoms with Gasteiger partial charge in [-0.3, -0.25) is 0 Å². The number of imidazole rings is 1. The van der Waals surface area contributed by atoms with Gasteiger partial charge in [0.1, 0.15) is 5.82 Å². The second-order valence-electron chi connectivity index (χ2n) is 3.72. The second-order valence-corrected chi connectivity index (χ2v) is 3.72. The Morgan fingerprint density at radius 3 is 2.50 bits per heavy atom. The number of hydrogen-bond donors (Lipinski definition) is 0. The Kier molecular flexibility index (Phi) is 7.96. The van der Waals surface area contributed by atoms with Crippen molar-refractivity contribution in [2.24, 2.45) is 5.92 Å². The van der Waals surface area contributed by atoms with E-state index in [1.807, 2.05) is 33.9 Å². The summed E-state index contributed by atoms with van der Waals surface area (Å²) in [6, 6.07) is 0. The molecule has 0 spiro atoms. The van der Waals surface area contributed by atoms with Gasteiger partial charge in [0.25, 0.3) is 0 Å². The maximum Gasteiger partial charge on any atom is 0.105 e. The van der Waals surface area contributed by atoms with Crippen molar-refractivity contribution in [3.63, 3.8) is 0 Å². The third kappa shape index (κ3) is 3.66. The van der Waals surface area contributed by atoms with Gasteiger partial charge >= 0.3 is 0 Å². The van der Waals surface area contributed by atoms with E-state index in [0.29, 0.717) is 0 Å². The standard InChI is InChI=1S/C10H16N2.2C2H6/c1-3-9-4-5-10-6-11-8(2)12(10)7-9;2*1-2/h6,9H,3-5,7H2,1-2H3;2*1-2H3. The average Bonchev–Trinajstić information content (AvgIpc) is 2.75. The van der Waals surface area contributed by atoms with Crippen LogP contribution in [0.15, 0.2) is 6.20 Å². The van der Waals surface area contributed by atoms with Crippen molar-refractivity contribution in [1.29, 1.82) is 0 Å². The third-order valence-electron chi connectivity index (χ3n) is 2.96. The van der Waals surface area contributed by atoms with Crippen molar-refractivity contribution in [2.45, 2.75) is 67.3 Å². The van der Waals surface area contributed by atoms with Crippen LogP contribution in [-0.2, 0) is 13.0 Å². The number of rotatable bonds is 1. The monoisotopic (exact) mass is 224 g/mol. The lowest BCUT2D eigenvalue weighted by atomic mass is 9.96. The quantitative estimate of drug-likeness (QED) is 0.698. The molecule has 2 heteroatoms. The molecule has 0 N–H and O–H groups in total. The van der Waals surface area contributed by atoms with E-state index in [0.717, 1.165) is 5.92 Å². The number of nitrogens with zero attached hydrogens (tertiary/aromatic N) is 2. The van der Waals surface area contributed by atoms with E-state index in [-0.39, 0.29) is 0 Å². The van der Waals surface area contributed by atoms with Crippen molar-refractivity contribution < 1.29 is 0 Å². The Morgan fingerprint density at radius 2 is 1.94 bits per heavy atom. The summed E-state index contributed by atoms with van der Waals surface area (Å²) in [6.07, 6.45) is 5.90. The van der Waals surface area contributed by atoms with Crippen LogP contribution in [0.2, 0.25) is 0 Å². The number of hydrogen-bond acceptors (Lipinski definition) is 1. The summed E-state index contributed by atoms with van der Waals surface area (Å²) >= 11 is 0. The fourth-order valence-electron chi connectivity index (χ4n) is 2.00. The van der Waals surface area contributed by atoms with E-state index >= 15 is 0 Å². The van der Waals surface area contributed by atoms with Gasteiger partial charge in [-0.05, 0) is 25.7 Å². The summed E-state index contributed by atoms with van der Waals surface area (Å²) in [5.41, 5.74) is 1.43. The van der Waals surface area contributed by atoms with E-state index in [1.165, 1.54) is 37.3 Å². The molecule has 1 aliphatic rings. The Bertz CT molecular complexity index is 276. The van der Waals surface area contributed by atoms with Crippen LogP contribution in [0.1, 0.15) is 59.0 Å². The molecule has 0 saturated heterocycles. The lowest BCUT2D eigenvalue weighted by Gasteiger charge is -2.23. The number of aromatic nitrogens is 2. The first-order valence-electron chi connectivity index (χ1n) is 6.82. The van der Waals surface area contributed by atoms with E-state index < -0.39 is 0 Å². The largest absolute Gasteiger partial charge is 0.332 e. The molecule has 2 nitrogen and oxygen atoms in total. The zero-order chi connectivity index (χ0) is 12.6. The molecule has 0 amide bonds. The molecule has 94 valence electrons. The van der Waals surface area contributed by atoms with Crippen molar-refractivity contribution in [3.05, 3.63) is 17.7 Å². The minimum atomic E-state index is 0.880. The Hall–Kier alpha value is -0.790. The minimum absolute atomic E-state index is 0.880. The molecular formula is C14H28N2. The highest BCUT2D eigenvalue weighted by Crippen LogP contribution is 2.23. The van der Waals surface area contributed by atoms with Gasteiger partial charge < -0.3 is 4.57 Å². The zero-order valence-electron chi connectivity index (χ0n) is 11.9. The predicted octanol–water partition coefficient (Wildman–Crippen LogP) is 4.22. The fraction of sp³-hybridized carbons (Fsp3) is 0.786. The van der Waals surface area contributed by atoms with Crippen LogP contribution in [0.5, 0.6) is 0 Å². The molecule has 1 aromatic rings. The van der Waals surface area contributed by atoms with Crippen LogP contribution in [-0.4, -0.2) is 9.55 Å². The minimum Gasteiger partial charge on any atom is -0.332 e. The molecule has 1 aliphatic heterocycles. The van der Waals surface area contributed by atoms with Crippen LogP contribution >= 0.6 is 0 Å². The van der Waals surface area contributed by atoms with Crippen molar-refractivity contribution in [3.8, 4) is 0 Å². The van der Waals surface area contributed by atoms with E-state index in [4.69, 9.17) is 0 Å². The lowest BCUT2D eigenvalue weighted by Crippen LogP contribution is -2.19. The molecule has 0 saturated carbocycles. The van der Waals surface area contributed by atoms with Gasteiger partial charge in [-0.1, -0.05) is 41.0 Å². The summed E-state index contributed by atoms with van der Waals surface area (Å²) in [7, 11) is 0. The molecule has 2 rings (SSSR count). The highest BCUT2D eigenvalue weighted by molar-refractivity contribution is 5.07. The van der Waals surface area contributed by atoms with Crippen LogP contribution in [0.25, 0.3) is 0 Å². The van der Waals surface area contributed by atoms with Gasteiger partial charge in [0, 0.05) is 18.4 Å². The van der Waals surface area contributed by atoms with Gasteiger partial charge in [0.2, 0.25) is 0 Å². The Balaban J connectivity index is 0.000000509. The van der Waals surface area contributed by atoms with E-state index in [1.54, 1.807) is 0 Å². The molecule has 0 fully saturated rings. The Labute approximate surface area is 101 Å². The number of fused-ring (bicyclic) bond motifs is 1. The van der Waals surface area contributed by atoms with Crippen LogP contribution in [0.4, 0.5) is 0 Å². The molecule has 0 aliphatic carbocycles. The molecule has 2 heterocycles. The average molecular weight is 224 g/mol. The molecule has 0 aromatic carbocycles. The molecule has 0 radical (unpaired) electrons. The molecule has 1 unspecified atom stereocenters. The smallest absolute Gasteiger partial charge is 0.105 e. The first-order valence-corrected chi connectivity index (χ1v) is 6.82. The van der Waals surface area contributed by atoms with Crippen molar-refractivity contribution >= 4 is 0 Å². The van der Waals surface area contributed by atoms with Crippen LogP contribution < -0.4 is 0 Å². The van der Waals surface area contributed by atoms with Gasteiger partial charge in [-0.2, -0.15) is 0 Å². The normalized spacial score (nSPS) is 17.5. The van der Waals surface area contributed by atoms with Gasteiger partial charge in [0.15, 0.2) is 0 Å². The topological polar surface area (TPSA) is 17.8 Å². The van der Waals surface area contributed by atoms with Crippen molar-refractivity contribution in [2.75, 3.05) is 0 Å². The second kappa shape index (κ2) is 8.37. The predicted molar refractivity (Wildman–Crippen MR) is 71.8 cm³/mol. The van der Waals surface area contributed by atoms with E-state index in [2.05, 4.69) is 23.4 Å².